The minimum absolute atomic E-state index is 0.0286. The van der Waals surface area contributed by atoms with Crippen molar-refractivity contribution in [3.63, 3.8) is 0 Å². The van der Waals surface area contributed by atoms with Crippen molar-refractivity contribution in [1.29, 1.82) is 0 Å². The number of nitrogens with one attached hydrogen (secondary N) is 2. The minimum atomic E-state index is -0.516. The molecule has 3 amide bonds. The number of carbonyl (C=O) groups excluding carboxylic acids is 3. The third kappa shape index (κ3) is 4.96. The van der Waals surface area contributed by atoms with Crippen molar-refractivity contribution in [2.24, 2.45) is 23.7 Å². The van der Waals surface area contributed by atoms with Gasteiger partial charge in [-0.05, 0) is 82.6 Å². The van der Waals surface area contributed by atoms with Gasteiger partial charge in [0.15, 0.2) is 0 Å². The Labute approximate surface area is 238 Å². The average Bonchev–Trinajstić information content (AvgIpc) is 3.53. The molecule has 4 heterocycles. The van der Waals surface area contributed by atoms with E-state index in [-0.39, 0.29) is 60.0 Å². The smallest absolute Gasteiger partial charge is 0.248 e. The number of hydrogen-bond acceptors (Lipinski definition) is 7. The lowest BCUT2D eigenvalue weighted by atomic mass is 9.64. The van der Waals surface area contributed by atoms with E-state index in [1.807, 2.05) is 11.8 Å². The Balaban J connectivity index is 1.07. The standard InChI is InChI=1S/C30H48N4O6/c1-17(29(36)32-12-5-15-33-14-4-6-24(33)35)40-18-7-9-22-21(16-18)19-11-13-31-26-20-8-10-23(38-2)28(39-3)25(20)30(37)34(22)27(19)26/h17-23,25-28,31H,4-16H2,1-3H3,(H,32,36)/t17-,18?,19?,20?,21?,22?,23?,25?,26?,27?,28?/m1/s1. The molecular weight excluding hydrogens is 512 g/mol. The van der Waals surface area contributed by atoms with Crippen molar-refractivity contribution in [3.8, 4) is 0 Å². The summed E-state index contributed by atoms with van der Waals surface area (Å²) in [7, 11) is 3.45. The molecule has 0 aromatic rings. The summed E-state index contributed by atoms with van der Waals surface area (Å²) in [6.45, 7) is 4.91. The number of likely N-dealkylation sites (tertiary alicyclic amines) is 1. The van der Waals surface area contributed by atoms with Crippen LogP contribution in [-0.4, -0.2) is 110 Å². The maximum Gasteiger partial charge on any atom is 0.248 e. The molecule has 10 heteroatoms. The van der Waals surface area contributed by atoms with Gasteiger partial charge in [-0.15, -0.1) is 0 Å². The zero-order valence-corrected chi connectivity index (χ0v) is 24.4. The zero-order valence-electron chi connectivity index (χ0n) is 24.4. The van der Waals surface area contributed by atoms with Crippen LogP contribution < -0.4 is 10.6 Å². The molecule has 6 fully saturated rings. The van der Waals surface area contributed by atoms with Gasteiger partial charge in [-0.3, -0.25) is 14.4 Å². The molecule has 4 saturated heterocycles. The highest BCUT2D eigenvalue weighted by molar-refractivity contribution is 5.83. The lowest BCUT2D eigenvalue weighted by molar-refractivity contribution is -0.175. The third-order valence-corrected chi connectivity index (χ3v) is 11.1. The number of fused-ring (bicyclic) bond motifs is 5. The number of rotatable bonds is 9. The van der Waals surface area contributed by atoms with Gasteiger partial charge in [-0.25, -0.2) is 0 Å². The maximum atomic E-state index is 14.2. The highest BCUT2D eigenvalue weighted by atomic mass is 16.5. The van der Waals surface area contributed by atoms with E-state index in [1.165, 1.54) is 0 Å². The van der Waals surface area contributed by atoms with Crippen LogP contribution in [0.5, 0.6) is 0 Å². The fraction of sp³-hybridized carbons (Fsp3) is 0.900. The largest absolute Gasteiger partial charge is 0.379 e. The van der Waals surface area contributed by atoms with Crippen molar-refractivity contribution in [2.45, 2.75) is 107 Å². The van der Waals surface area contributed by atoms with Gasteiger partial charge >= 0.3 is 0 Å². The summed E-state index contributed by atoms with van der Waals surface area (Å²) < 4.78 is 18.0. The first-order valence-corrected chi connectivity index (χ1v) is 15.7. The van der Waals surface area contributed by atoms with E-state index in [2.05, 4.69) is 15.5 Å². The van der Waals surface area contributed by atoms with Crippen molar-refractivity contribution < 1.29 is 28.6 Å². The number of ether oxygens (including phenoxy) is 3. The SMILES string of the molecule is COC1CCC2C3NCCC4C5CC(O[C@H](C)C(=O)NCCCN6CCCC6=O)CCC5N(C(=O)C2C1OC)C43. The Morgan fingerprint density at radius 2 is 1.93 bits per heavy atom. The van der Waals surface area contributed by atoms with Crippen LogP contribution in [0, 0.1) is 23.7 Å². The quantitative estimate of drug-likeness (QED) is 0.410. The fourth-order valence-corrected chi connectivity index (χ4v) is 9.38. The summed E-state index contributed by atoms with van der Waals surface area (Å²) in [6, 6.07) is 0.794. The molecule has 2 saturated carbocycles. The lowest BCUT2D eigenvalue weighted by Crippen LogP contribution is -2.70. The Hall–Kier alpha value is -1.75. The maximum absolute atomic E-state index is 14.2. The van der Waals surface area contributed by atoms with Gasteiger partial charge in [0, 0.05) is 52.4 Å². The van der Waals surface area contributed by atoms with Crippen LogP contribution in [0.4, 0.5) is 0 Å². The van der Waals surface area contributed by atoms with E-state index < -0.39 is 6.10 Å². The summed E-state index contributed by atoms with van der Waals surface area (Å²) in [5.41, 5.74) is 0. The first kappa shape index (κ1) is 28.4. The average molecular weight is 561 g/mol. The van der Waals surface area contributed by atoms with Crippen LogP contribution in [-0.2, 0) is 28.6 Å². The molecular formula is C30H48N4O6. The monoisotopic (exact) mass is 560 g/mol. The Morgan fingerprint density at radius 3 is 2.67 bits per heavy atom. The molecule has 11 atom stereocenters. The van der Waals surface area contributed by atoms with Crippen LogP contribution in [0.15, 0.2) is 0 Å². The Bertz CT molecular complexity index is 964. The molecule has 10 unspecified atom stereocenters. The summed E-state index contributed by atoms with van der Waals surface area (Å²) in [5, 5.41) is 6.84. The zero-order chi connectivity index (χ0) is 28.0. The first-order valence-electron chi connectivity index (χ1n) is 15.7. The number of nitrogens with zero attached hydrogens (tertiary/aromatic N) is 2. The molecule has 0 aromatic heterocycles. The van der Waals surface area contributed by atoms with E-state index in [1.54, 1.807) is 14.2 Å². The first-order chi connectivity index (χ1) is 19.4. The van der Waals surface area contributed by atoms with E-state index >= 15 is 0 Å². The normalized spacial score (nSPS) is 41.4. The van der Waals surface area contributed by atoms with Crippen LogP contribution in [0.1, 0.15) is 64.7 Å². The second-order valence-corrected chi connectivity index (χ2v) is 13.0. The molecule has 0 bridgehead atoms. The van der Waals surface area contributed by atoms with Crippen LogP contribution in [0.25, 0.3) is 0 Å². The number of piperidine rings is 2. The number of methoxy groups -OCH3 is 2. The van der Waals surface area contributed by atoms with Gasteiger partial charge in [0.1, 0.15) is 6.10 Å². The summed E-state index contributed by atoms with van der Waals surface area (Å²) >= 11 is 0. The molecule has 6 aliphatic rings. The molecule has 0 radical (unpaired) electrons. The van der Waals surface area contributed by atoms with Crippen molar-refractivity contribution in [1.82, 2.24) is 20.4 Å². The predicted octanol–water partition coefficient (Wildman–Crippen LogP) is 1.32. The predicted molar refractivity (Wildman–Crippen MR) is 147 cm³/mol. The highest BCUT2D eigenvalue weighted by Crippen LogP contribution is 2.54. The second-order valence-electron chi connectivity index (χ2n) is 13.0. The number of carbonyl (C=O) groups is 3. The summed E-state index contributed by atoms with van der Waals surface area (Å²) in [4.78, 5) is 42.9. The van der Waals surface area contributed by atoms with Gasteiger partial charge in [-0.2, -0.15) is 0 Å². The number of hydrogen-bond donors (Lipinski definition) is 2. The van der Waals surface area contributed by atoms with Crippen molar-refractivity contribution in [2.75, 3.05) is 40.4 Å². The van der Waals surface area contributed by atoms with Crippen LogP contribution >= 0.6 is 0 Å². The van der Waals surface area contributed by atoms with Gasteiger partial charge in [0.25, 0.3) is 0 Å². The molecule has 10 nitrogen and oxygen atoms in total. The Morgan fingerprint density at radius 1 is 1.07 bits per heavy atom. The van der Waals surface area contributed by atoms with Gasteiger partial charge in [-0.1, -0.05) is 0 Å². The van der Waals surface area contributed by atoms with Gasteiger partial charge in [0.05, 0.1) is 30.3 Å². The molecule has 40 heavy (non-hydrogen) atoms. The van der Waals surface area contributed by atoms with E-state index in [9.17, 15) is 14.4 Å². The fourth-order valence-electron chi connectivity index (χ4n) is 9.38. The van der Waals surface area contributed by atoms with E-state index in [0.717, 1.165) is 64.5 Å². The molecule has 4 aliphatic heterocycles. The summed E-state index contributed by atoms with van der Waals surface area (Å²) in [5.74, 6) is 1.42. The second kappa shape index (κ2) is 11.9. The van der Waals surface area contributed by atoms with Gasteiger partial charge < -0.3 is 34.6 Å². The van der Waals surface area contributed by atoms with Crippen LogP contribution in [0.2, 0.25) is 0 Å². The van der Waals surface area contributed by atoms with Crippen molar-refractivity contribution in [3.05, 3.63) is 0 Å². The molecule has 2 N–H and O–H groups in total. The molecule has 2 aliphatic carbocycles. The summed E-state index contributed by atoms with van der Waals surface area (Å²) in [6.07, 6.45) is 7.31. The van der Waals surface area contributed by atoms with Crippen LogP contribution in [0.3, 0.4) is 0 Å². The molecule has 0 spiro atoms. The molecule has 6 rings (SSSR count). The van der Waals surface area contributed by atoms with E-state index in [0.29, 0.717) is 37.4 Å². The van der Waals surface area contributed by atoms with E-state index in [4.69, 9.17) is 14.2 Å². The third-order valence-electron chi connectivity index (χ3n) is 11.1. The number of amides is 3. The molecule has 224 valence electrons. The Kier molecular flexibility index (Phi) is 8.41. The van der Waals surface area contributed by atoms with Gasteiger partial charge in [0.2, 0.25) is 17.7 Å². The molecule has 0 aromatic carbocycles. The minimum Gasteiger partial charge on any atom is -0.379 e. The topological polar surface area (TPSA) is 109 Å². The lowest BCUT2D eigenvalue weighted by Gasteiger charge is -2.55. The van der Waals surface area contributed by atoms with Crippen molar-refractivity contribution >= 4 is 17.7 Å². The highest BCUT2D eigenvalue weighted by Gasteiger charge is 2.64.